The number of amides is 1. The first kappa shape index (κ1) is 20.5. The number of aromatic nitrogens is 2. The van der Waals surface area contributed by atoms with Crippen molar-refractivity contribution >= 4 is 11.6 Å². The van der Waals surface area contributed by atoms with E-state index >= 15 is 0 Å². The molecular weight excluding hydrogens is 403 g/mol. The molecule has 0 bridgehead atoms. The first-order chi connectivity index (χ1) is 15.6. The molecule has 0 atom stereocenters. The number of aliphatic imine (C=N–C) groups is 1. The van der Waals surface area contributed by atoms with Gasteiger partial charge in [-0.2, -0.15) is 0 Å². The van der Waals surface area contributed by atoms with Crippen LogP contribution in [-0.4, -0.2) is 39.6 Å². The van der Waals surface area contributed by atoms with Gasteiger partial charge in [-0.3, -0.25) is 14.8 Å². The molecule has 3 aliphatic rings. The number of fused-ring (bicyclic) bond motifs is 1. The van der Waals surface area contributed by atoms with Crippen molar-refractivity contribution in [2.75, 3.05) is 13.1 Å². The average molecular weight is 429 g/mol. The summed E-state index contributed by atoms with van der Waals surface area (Å²) in [5.74, 6) is 0.209. The second kappa shape index (κ2) is 8.61. The summed E-state index contributed by atoms with van der Waals surface area (Å²) in [4.78, 5) is 28.8. The van der Waals surface area contributed by atoms with Gasteiger partial charge in [0.1, 0.15) is 11.5 Å². The number of nitrogens with zero attached hydrogens (tertiary/aromatic N) is 4. The third-order valence-electron chi connectivity index (χ3n) is 6.15. The molecule has 5 rings (SSSR count). The fourth-order valence-electron chi connectivity index (χ4n) is 4.12. The van der Waals surface area contributed by atoms with Crippen molar-refractivity contribution in [2.45, 2.75) is 32.6 Å². The van der Waals surface area contributed by atoms with Gasteiger partial charge in [0, 0.05) is 49.2 Å². The predicted octanol–water partition coefficient (Wildman–Crippen LogP) is 5.22. The summed E-state index contributed by atoms with van der Waals surface area (Å²) in [6.07, 6.45) is 11.5. The van der Waals surface area contributed by atoms with Gasteiger partial charge in [0.25, 0.3) is 5.91 Å². The number of aryl methyl sites for hydroxylation is 1. The van der Waals surface area contributed by atoms with Gasteiger partial charge in [0.2, 0.25) is 0 Å². The number of carbonyl (C=O) groups excluding carboxylic acids is 1. The van der Waals surface area contributed by atoms with E-state index in [1.54, 1.807) is 24.5 Å². The number of carbonyl (C=O) groups is 1. The number of allylic oxidation sites excluding steroid dienone is 4. The van der Waals surface area contributed by atoms with E-state index in [1.807, 2.05) is 42.3 Å². The van der Waals surface area contributed by atoms with Crippen LogP contribution in [0.4, 0.5) is 4.39 Å². The molecule has 6 heteroatoms. The van der Waals surface area contributed by atoms with Crippen LogP contribution < -0.4 is 0 Å². The van der Waals surface area contributed by atoms with Gasteiger partial charge in [-0.05, 0) is 49.8 Å². The second-order valence-corrected chi connectivity index (χ2v) is 8.65. The maximum Gasteiger partial charge on any atom is 0.274 e. The summed E-state index contributed by atoms with van der Waals surface area (Å²) < 4.78 is 13.8. The molecule has 1 saturated carbocycles. The topological polar surface area (TPSA) is 58.5 Å². The van der Waals surface area contributed by atoms with Gasteiger partial charge >= 0.3 is 0 Å². The molecule has 0 radical (unpaired) electrons. The largest absolute Gasteiger partial charge is 0.337 e. The van der Waals surface area contributed by atoms with Gasteiger partial charge in [0.05, 0.1) is 5.71 Å². The van der Waals surface area contributed by atoms with Crippen molar-refractivity contribution < 1.29 is 9.18 Å². The van der Waals surface area contributed by atoms with E-state index in [4.69, 9.17) is 0 Å². The number of hydrogen-bond acceptors (Lipinski definition) is 4. The molecule has 1 aromatic carbocycles. The molecule has 0 unspecified atom stereocenters. The van der Waals surface area contributed by atoms with Crippen molar-refractivity contribution in [1.82, 2.24) is 14.9 Å². The summed E-state index contributed by atoms with van der Waals surface area (Å²) in [5.41, 5.74) is 5.75. The van der Waals surface area contributed by atoms with Crippen LogP contribution >= 0.6 is 0 Å². The Hall–Kier alpha value is -3.41. The number of halogens is 1. The van der Waals surface area contributed by atoms with E-state index in [9.17, 15) is 9.18 Å². The van der Waals surface area contributed by atoms with Crippen LogP contribution in [0.3, 0.4) is 0 Å². The van der Waals surface area contributed by atoms with E-state index in [0.29, 0.717) is 43.2 Å². The number of rotatable bonds is 7. The minimum Gasteiger partial charge on any atom is -0.337 e. The maximum atomic E-state index is 13.8. The summed E-state index contributed by atoms with van der Waals surface area (Å²) in [6, 6.07) is 7.97. The first-order valence-electron chi connectivity index (χ1n) is 11.1. The zero-order valence-electron chi connectivity index (χ0n) is 18.1. The van der Waals surface area contributed by atoms with E-state index in [2.05, 4.69) is 15.0 Å². The lowest BCUT2D eigenvalue weighted by atomic mass is 9.95. The molecule has 2 heterocycles. The summed E-state index contributed by atoms with van der Waals surface area (Å²) in [7, 11) is 0. The molecule has 5 nitrogen and oxygen atoms in total. The smallest absolute Gasteiger partial charge is 0.274 e. The van der Waals surface area contributed by atoms with E-state index in [1.165, 1.54) is 0 Å². The first-order valence-corrected chi connectivity index (χ1v) is 11.1. The molecule has 1 amide bonds. The monoisotopic (exact) mass is 428 g/mol. The third kappa shape index (κ3) is 4.31. The fourth-order valence-corrected chi connectivity index (χ4v) is 4.12. The lowest BCUT2D eigenvalue weighted by Crippen LogP contribution is -2.35. The highest BCUT2D eigenvalue weighted by Gasteiger charge is 2.30. The Morgan fingerprint density at radius 3 is 2.72 bits per heavy atom. The molecule has 32 heavy (non-hydrogen) atoms. The average Bonchev–Trinajstić information content (AvgIpc) is 3.55. The maximum absolute atomic E-state index is 13.8. The van der Waals surface area contributed by atoms with Crippen molar-refractivity contribution in [3.8, 4) is 11.3 Å². The molecule has 1 fully saturated rings. The molecule has 0 N–H and O–H groups in total. The summed E-state index contributed by atoms with van der Waals surface area (Å²) in [6.45, 7) is 3.27. The molecule has 2 aromatic rings. The Kier molecular flexibility index (Phi) is 5.52. The Morgan fingerprint density at radius 1 is 1.16 bits per heavy atom. The van der Waals surface area contributed by atoms with Gasteiger partial charge in [-0.1, -0.05) is 29.8 Å². The van der Waals surface area contributed by atoms with Crippen LogP contribution in [0.25, 0.3) is 11.3 Å². The van der Waals surface area contributed by atoms with Crippen molar-refractivity contribution in [1.29, 1.82) is 0 Å². The van der Waals surface area contributed by atoms with Crippen molar-refractivity contribution in [3.63, 3.8) is 0 Å². The zero-order chi connectivity index (χ0) is 22.1. The Labute approximate surface area is 187 Å². The van der Waals surface area contributed by atoms with Crippen LogP contribution in [0.15, 0.2) is 77.0 Å². The van der Waals surface area contributed by atoms with Crippen molar-refractivity contribution in [3.05, 3.63) is 83.2 Å². The lowest BCUT2D eigenvalue weighted by molar-refractivity contribution is 0.0744. The Balaban J connectivity index is 1.37. The van der Waals surface area contributed by atoms with Gasteiger partial charge in [-0.15, -0.1) is 0 Å². The molecule has 0 spiro atoms. The second-order valence-electron chi connectivity index (χ2n) is 8.65. The minimum atomic E-state index is -0.222. The van der Waals surface area contributed by atoms with Crippen LogP contribution in [0.5, 0.6) is 0 Å². The Bertz CT molecular complexity index is 1170. The SMILES string of the molecule is Cc1ccc(-c2nccnc2C(=O)N(CCC2=CN=C3CC=C(F)C=C23)CC2CC2)cc1. The Morgan fingerprint density at radius 2 is 1.94 bits per heavy atom. The van der Waals surface area contributed by atoms with Gasteiger partial charge in [-0.25, -0.2) is 9.37 Å². The number of benzene rings is 1. The quantitative estimate of drug-likeness (QED) is 0.608. The van der Waals surface area contributed by atoms with E-state index in [0.717, 1.165) is 40.8 Å². The standard InChI is InChI=1S/C26H25FN4O/c1-17-2-6-19(7-3-17)24-25(29-12-11-28-24)26(32)31(16-18-4-5-18)13-10-20-15-30-23-9-8-21(27)14-22(20)23/h2-3,6-8,11-12,14-15,18H,4-5,9-10,13,16H2,1H3. The molecular formula is C26H25FN4O. The minimum absolute atomic E-state index is 0.107. The normalized spacial score (nSPS) is 17.2. The van der Waals surface area contributed by atoms with Crippen LogP contribution in [0.1, 0.15) is 41.7 Å². The predicted molar refractivity (Wildman–Crippen MR) is 123 cm³/mol. The van der Waals surface area contributed by atoms with E-state index < -0.39 is 0 Å². The summed E-state index contributed by atoms with van der Waals surface area (Å²) in [5, 5.41) is 0. The molecule has 1 aromatic heterocycles. The highest BCUT2D eigenvalue weighted by atomic mass is 19.1. The molecule has 0 saturated heterocycles. The van der Waals surface area contributed by atoms with Gasteiger partial charge < -0.3 is 4.90 Å². The third-order valence-corrected chi connectivity index (χ3v) is 6.15. The lowest BCUT2D eigenvalue weighted by Gasteiger charge is -2.24. The highest BCUT2D eigenvalue weighted by Crippen LogP contribution is 2.33. The zero-order valence-corrected chi connectivity index (χ0v) is 18.1. The summed E-state index contributed by atoms with van der Waals surface area (Å²) >= 11 is 0. The molecule has 162 valence electrons. The number of hydrogen-bond donors (Lipinski definition) is 0. The van der Waals surface area contributed by atoms with Crippen LogP contribution in [0.2, 0.25) is 0 Å². The van der Waals surface area contributed by atoms with Crippen molar-refractivity contribution in [2.24, 2.45) is 10.9 Å². The molecule has 1 aliphatic heterocycles. The van der Waals surface area contributed by atoms with E-state index in [-0.39, 0.29) is 11.7 Å². The van der Waals surface area contributed by atoms with Crippen LogP contribution in [-0.2, 0) is 0 Å². The highest BCUT2D eigenvalue weighted by molar-refractivity contribution is 6.08. The van der Waals surface area contributed by atoms with Gasteiger partial charge in [0.15, 0.2) is 5.69 Å². The van der Waals surface area contributed by atoms with Crippen LogP contribution in [0, 0.1) is 12.8 Å². The fraction of sp³-hybridized carbons (Fsp3) is 0.308. The molecule has 2 aliphatic carbocycles.